The standard InChI is InChI=1S/C40H43Cl2F2N3O5/c1-39(2,3)20-33-40(28-16-13-25(41)19-30(28)43,22-45-21-23-10-14-26(50-4)15-11-23)34(27-8-7-9-29(42)35(27)44)36(47-33)37(48)46-31-17-12-24(38(49)52-6)18-32(31)51-5/h7-19,33-34,36,45,47H,20-22H2,1-6H3,(H,46,48)/t33-,34-,36+,40-/m1/s1. The zero-order valence-electron chi connectivity index (χ0n) is 29.9. The van der Waals surface area contributed by atoms with Gasteiger partial charge in [0.05, 0.1) is 43.6 Å². The van der Waals surface area contributed by atoms with Gasteiger partial charge in [0.25, 0.3) is 0 Å². The second kappa shape index (κ2) is 16.2. The molecule has 1 saturated heterocycles. The van der Waals surface area contributed by atoms with E-state index in [4.69, 9.17) is 37.4 Å². The lowest BCUT2D eigenvalue weighted by molar-refractivity contribution is -0.118. The van der Waals surface area contributed by atoms with Crippen LogP contribution in [0, 0.1) is 17.0 Å². The first-order valence-electron chi connectivity index (χ1n) is 16.8. The molecule has 3 N–H and O–H groups in total. The number of benzene rings is 4. The van der Waals surface area contributed by atoms with E-state index in [1.165, 1.54) is 44.6 Å². The van der Waals surface area contributed by atoms with Gasteiger partial charge in [0, 0.05) is 35.5 Å². The molecule has 4 aromatic carbocycles. The summed E-state index contributed by atoms with van der Waals surface area (Å²) in [4.78, 5) is 26.9. The third kappa shape index (κ3) is 8.20. The molecule has 1 amide bonds. The molecule has 0 radical (unpaired) electrons. The summed E-state index contributed by atoms with van der Waals surface area (Å²) in [6.45, 7) is 6.67. The van der Waals surface area contributed by atoms with E-state index in [1.54, 1.807) is 31.4 Å². The van der Waals surface area contributed by atoms with Gasteiger partial charge in [-0.1, -0.05) is 74.3 Å². The van der Waals surface area contributed by atoms with E-state index >= 15 is 8.78 Å². The van der Waals surface area contributed by atoms with E-state index in [-0.39, 0.29) is 50.1 Å². The minimum absolute atomic E-state index is 0.128. The number of ether oxygens (including phenoxy) is 3. The molecule has 5 rings (SSSR count). The fourth-order valence-corrected chi connectivity index (χ4v) is 7.57. The molecule has 8 nitrogen and oxygen atoms in total. The minimum Gasteiger partial charge on any atom is -0.497 e. The van der Waals surface area contributed by atoms with Gasteiger partial charge >= 0.3 is 5.97 Å². The van der Waals surface area contributed by atoms with Crippen LogP contribution in [-0.2, 0) is 21.5 Å². The van der Waals surface area contributed by atoms with Gasteiger partial charge in [-0.2, -0.15) is 0 Å². The highest BCUT2D eigenvalue weighted by atomic mass is 35.5. The van der Waals surface area contributed by atoms with Crippen molar-refractivity contribution in [3.05, 3.63) is 123 Å². The molecule has 0 bridgehead atoms. The summed E-state index contributed by atoms with van der Waals surface area (Å²) in [5.74, 6) is -2.49. The fourth-order valence-electron chi connectivity index (χ4n) is 7.23. The summed E-state index contributed by atoms with van der Waals surface area (Å²) in [5, 5.41) is 10.1. The van der Waals surface area contributed by atoms with Crippen molar-refractivity contribution in [1.29, 1.82) is 0 Å². The average molecular weight is 755 g/mol. The Morgan fingerprint density at radius 2 is 1.65 bits per heavy atom. The molecule has 276 valence electrons. The maximum atomic E-state index is 16.5. The molecule has 0 unspecified atom stereocenters. The predicted molar refractivity (Wildman–Crippen MR) is 200 cm³/mol. The average Bonchev–Trinajstić information content (AvgIpc) is 3.41. The van der Waals surface area contributed by atoms with E-state index < -0.39 is 46.9 Å². The third-order valence-corrected chi connectivity index (χ3v) is 10.1. The van der Waals surface area contributed by atoms with Crippen LogP contribution >= 0.6 is 23.2 Å². The Kier molecular flexibility index (Phi) is 12.2. The predicted octanol–water partition coefficient (Wildman–Crippen LogP) is 8.30. The lowest BCUT2D eigenvalue weighted by atomic mass is 9.61. The van der Waals surface area contributed by atoms with E-state index in [0.717, 1.165) is 5.56 Å². The maximum absolute atomic E-state index is 16.5. The smallest absolute Gasteiger partial charge is 0.337 e. The van der Waals surface area contributed by atoms with Crippen molar-refractivity contribution >= 4 is 40.8 Å². The van der Waals surface area contributed by atoms with Crippen LogP contribution < -0.4 is 25.4 Å². The number of halogens is 4. The van der Waals surface area contributed by atoms with Gasteiger partial charge in [-0.25, -0.2) is 13.6 Å². The van der Waals surface area contributed by atoms with Crippen LogP contribution in [0.2, 0.25) is 10.0 Å². The summed E-state index contributed by atoms with van der Waals surface area (Å²) in [6.07, 6.45) is 0.471. The Morgan fingerprint density at radius 3 is 2.29 bits per heavy atom. The van der Waals surface area contributed by atoms with E-state index in [2.05, 4.69) is 36.7 Å². The van der Waals surface area contributed by atoms with E-state index in [1.807, 2.05) is 24.3 Å². The molecule has 1 heterocycles. The highest BCUT2D eigenvalue weighted by Crippen LogP contribution is 2.53. The van der Waals surface area contributed by atoms with Gasteiger partial charge in [0.2, 0.25) is 5.91 Å². The zero-order valence-corrected chi connectivity index (χ0v) is 31.4. The summed E-state index contributed by atoms with van der Waals surface area (Å²) >= 11 is 12.7. The van der Waals surface area contributed by atoms with Gasteiger partial charge < -0.3 is 30.2 Å². The van der Waals surface area contributed by atoms with Crippen LogP contribution in [0.4, 0.5) is 14.5 Å². The molecule has 0 aliphatic carbocycles. The molecule has 1 aliphatic heterocycles. The highest BCUT2D eigenvalue weighted by molar-refractivity contribution is 6.31. The summed E-state index contributed by atoms with van der Waals surface area (Å²) in [7, 11) is 4.27. The van der Waals surface area contributed by atoms with Crippen molar-refractivity contribution < 1.29 is 32.6 Å². The largest absolute Gasteiger partial charge is 0.497 e. The summed E-state index contributed by atoms with van der Waals surface area (Å²) in [5.41, 5.74) is 0.241. The zero-order chi connectivity index (χ0) is 37.8. The normalized spacial score (nSPS) is 20.0. The molecule has 4 atom stereocenters. The number of rotatable bonds is 12. The van der Waals surface area contributed by atoms with Gasteiger partial charge in [0.1, 0.15) is 23.1 Å². The van der Waals surface area contributed by atoms with Crippen LogP contribution in [-0.4, -0.2) is 51.8 Å². The lowest BCUT2D eigenvalue weighted by Crippen LogP contribution is -2.51. The van der Waals surface area contributed by atoms with Crippen LogP contribution in [0.15, 0.2) is 78.9 Å². The Labute approximate surface area is 313 Å². The molecule has 1 aliphatic rings. The summed E-state index contributed by atoms with van der Waals surface area (Å²) < 4.78 is 48.6. The number of carbonyl (C=O) groups excluding carboxylic acids is 2. The van der Waals surface area contributed by atoms with Crippen LogP contribution in [0.5, 0.6) is 11.5 Å². The Morgan fingerprint density at radius 1 is 0.923 bits per heavy atom. The van der Waals surface area contributed by atoms with Gasteiger partial charge in [0.15, 0.2) is 0 Å². The topological polar surface area (TPSA) is 97.9 Å². The number of hydrogen-bond donors (Lipinski definition) is 3. The van der Waals surface area contributed by atoms with Crippen molar-refractivity contribution in [1.82, 2.24) is 10.6 Å². The monoisotopic (exact) mass is 753 g/mol. The number of nitrogens with one attached hydrogen (secondary N) is 3. The van der Waals surface area contributed by atoms with Gasteiger partial charge in [-0.15, -0.1) is 0 Å². The first-order valence-corrected chi connectivity index (χ1v) is 17.5. The molecule has 4 aromatic rings. The van der Waals surface area contributed by atoms with Gasteiger partial charge in [-0.05, 0) is 77.1 Å². The Bertz CT molecular complexity index is 1920. The van der Waals surface area contributed by atoms with Crippen molar-refractivity contribution in [2.45, 2.75) is 57.2 Å². The van der Waals surface area contributed by atoms with Crippen molar-refractivity contribution in [3.63, 3.8) is 0 Å². The lowest BCUT2D eigenvalue weighted by Gasteiger charge is -2.43. The second-order valence-corrected chi connectivity index (χ2v) is 14.9. The molecule has 0 aromatic heterocycles. The Hall–Kier alpha value is -4.22. The first kappa shape index (κ1) is 39.0. The quantitative estimate of drug-likeness (QED) is 0.125. The molecule has 1 fully saturated rings. The molecule has 0 spiro atoms. The SMILES string of the molecule is COC(=O)c1ccc(NC(=O)[C@H]2N[C@H](CC(C)(C)C)[C@@](CNCc3ccc(OC)cc3)(c3ccc(Cl)cc3F)[C@@H]2c2cccc(Cl)c2F)c(OC)c1. The number of amides is 1. The van der Waals surface area contributed by atoms with Crippen LogP contribution in [0.25, 0.3) is 0 Å². The minimum atomic E-state index is -1.28. The highest BCUT2D eigenvalue weighted by Gasteiger charge is 2.60. The number of carbonyl (C=O) groups is 2. The third-order valence-electron chi connectivity index (χ3n) is 9.53. The second-order valence-electron chi connectivity index (χ2n) is 14.1. The molecule has 0 saturated carbocycles. The Balaban J connectivity index is 1.69. The fraction of sp³-hybridized carbons (Fsp3) is 0.350. The molecular formula is C40H43Cl2F2N3O5. The maximum Gasteiger partial charge on any atom is 0.337 e. The van der Waals surface area contributed by atoms with E-state index in [0.29, 0.717) is 18.7 Å². The van der Waals surface area contributed by atoms with Crippen LogP contribution in [0.1, 0.15) is 60.2 Å². The molecule has 52 heavy (non-hydrogen) atoms. The van der Waals surface area contributed by atoms with Crippen molar-refractivity contribution in [2.75, 3.05) is 33.2 Å². The number of anilines is 1. The van der Waals surface area contributed by atoms with Crippen molar-refractivity contribution in [2.24, 2.45) is 5.41 Å². The molecule has 12 heteroatoms. The van der Waals surface area contributed by atoms with Crippen molar-refractivity contribution in [3.8, 4) is 11.5 Å². The number of esters is 1. The number of hydrogen-bond acceptors (Lipinski definition) is 7. The molecular weight excluding hydrogens is 711 g/mol. The number of methoxy groups -OCH3 is 3. The summed E-state index contributed by atoms with van der Waals surface area (Å²) in [6, 6.07) is 19.4. The van der Waals surface area contributed by atoms with Gasteiger partial charge in [-0.3, -0.25) is 4.79 Å². The van der Waals surface area contributed by atoms with Crippen LogP contribution in [0.3, 0.4) is 0 Å². The first-order chi connectivity index (χ1) is 24.7. The van der Waals surface area contributed by atoms with E-state index in [9.17, 15) is 9.59 Å².